The number of hydrogen-bond donors (Lipinski definition) is 3. The molecule has 1 aromatic rings. The van der Waals surface area contributed by atoms with Crippen LogP contribution in [0.3, 0.4) is 0 Å². The quantitative estimate of drug-likeness (QED) is 0.777. The standard InChI is InChI=1S/C17H27N3O3/c1-11-9-14(7-8-15(11)20-13(3)21)19-12(2)10-18-16(22)23-17(4,5)6/h7-9,12,19H,10H2,1-6H3,(H,18,22)(H,20,21). The normalized spacial score (nSPS) is 12.3. The van der Waals surface area contributed by atoms with E-state index in [1.807, 2.05) is 52.8 Å². The molecule has 1 aromatic carbocycles. The molecule has 2 amide bonds. The number of carbonyl (C=O) groups excluding carboxylic acids is 2. The lowest BCUT2D eigenvalue weighted by Gasteiger charge is -2.21. The van der Waals surface area contributed by atoms with Crippen LogP contribution in [0.25, 0.3) is 0 Å². The molecule has 0 heterocycles. The molecule has 0 aliphatic rings. The van der Waals surface area contributed by atoms with Crippen LogP contribution in [0.5, 0.6) is 0 Å². The minimum Gasteiger partial charge on any atom is -0.444 e. The van der Waals surface area contributed by atoms with Crippen molar-refractivity contribution < 1.29 is 14.3 Å². The van der Waals surface area contributed by atoms with Gasteiger partial charge < -0.3 is 20.7 Å². The van der Waals surface area contributed by atoms with E-state index in [0.717, 1.165) is 16.9 Å². The van der Waals surface area contributed by atoms with E-state index in [2.05, 4.69) is 16.0 Å². The van der Waals surface area contributed by atoms with Gasteiger partial charge in [-0.05, 0) is 58.4 Å². The van der Waals surface area contributed by atoms with Crippen LogP contribution in [0.15, 0.2) is 18.2 Å². The fourth-order valence-electron chi connectivity index (χ4n) is 1.97. The van der Waals surface area contributed by atoms with Crippen LogP contribution in [0.4, 0.5) is 16.2 Å². The maximum atomic E-state index is 11.6. The summed E-state index contributed by atoms with van der Waals surface area (Å²) in [6.07, 6.45) is -0.427. The molecule has 0 bridgehead atoms. The summed E-state index contributed by atoms with van der Waals surface area (Å²) in [4.78, 5) is 22.7. The maximum Gasteiger partial charge on any atom is 0.407 e. The molecule has 6 nitrogen and oxygen atoms in total. The van der Waals surface area contributed by atoms with E-state index in [1.54, 1.807) is 0 Å². The second kappa shape index (κ2) is 7.85. The summed E-state index contributed by atoms with van der Waals surface area (Å²) in [5.74, 6) is -0.0938. The largest absolute Gasteiger partial charge is 0.444 e. The van der Waals surface area contributed by atoms with E-state index < -0.39 is 11.7 Å². The number of nitrogens with one attached hydrogen (secondary N) is 3. The van der Waals surface area contributed by atoms with E-state index in [4.69, 9.17) is 4.74 Å². The van der Waals surface area contributed by atoms with Gasteiger partial charge >= 0.3 is 6.09 Å². The van der Waals surface area contributed by atoms with Crippen molar-refractivity contribution in [3.05, 3.63) is 23.8 Å². The van der Waals surface area contributed by atoms with Gasteiger partial charge in [0.05, 0.1) is 0 Å². The molecule has 6 heteroatoms. The number of hydrogen-bond acceptors (Lipinski definition) is 4. The Labute approximate surface area is 138 Å². The van der Waals surface area contributed by atoms with Crippen molar-refractivity contribution >= 4 is 23.4 Å². The Kier molecular flexibility index (Phi) is 6.42. The molecular formula is C17H27N3O3. The van der Waals surface area contributed by atoms with Crippen molar-refractivity contribution in [2.45, 2.75) is 53.2 Å². The summed E-state index contributed by atoms with van der Waals surface area (Å²) in [7, 11) is 0. The molecule has 0 radical (unpaired) electrons. The zero-order valence-corrected chi connectivity index (χ0v) is 14.7. The second-order valence-corrected chi connectivity index (χ2v) is 6.64. The Bertz CT molecular complexity index is 565. The molecule has 1 rings (SSSR count). The van der Waals surface area contributed by atoms with Gasteiger partial charge in [0.15, 0.2) is 0 Å². The van der Waals surface area contributed by atoms with Crippen molar-refractivity contribution in [1.82, 2.24) is 5.32 Å². The third-order valence-corrected chi connectivity index (χ3v) is 2.90. The molecule has 1 atom stereocenters. The van der Waals surface area contributed by atoms with Crippen molar-refractivity contribution in [1.29, 1.82) is 0 Å². The number of aryl methyl sites for hydroxylation is 1. The summed E-state index contributed by atoms with van der Waals surface area (Å²) in [5.41, 5.74) is 2.19. The molecule has 0 saturated carbocycles. The van der Waals surface area contributed by atoms with Gasteiger partial charge in [0, 0.05) is 30.9 Å². The van der Waals surface area contributed by atoms with Gasteiger partial charge in [-0.15, -0.1) is 0 Å². The Hall–Kier alpha value is -2.24. The number of rotatable bonds is 5. The molecule has 23 heavy (non-hydrogen) atoms. The van der Waals surface area contributed by atoms with Gasteiger partial charge in [0.1, 0.15) is 5.60 Å². The lowest BCUT2D eigenvalue weighted by Crippen LogP contribution is -2.38. The fraction of sp³-hybridized carbons (Fsp3) is 0.529. The summed E-state index contributed by atoms with van der Waals surface area (Å²) in [6.45, 7) is 11.3. The molecule has 128 valence electrons. The lowest BCUT2D eigenvalue weighted by atomic mass is 10.1. The molecule has 3 N–H and O–H groups in total. The number of amides is 2. The average molecular weight is 321 g/mol. The second-order valence-electron chi connectivity index (χ2n) is 6.64. The minimum absolute atomic E-state index is 0.0357. The first-order valence-corrected chi connectivity index (χ1v) is 7.68. The third-order valence-electron chi connectivity index (χ3n) is 2.90. The minimum atomic E-state index is -0.503. The van der Waals surface area contributed by atoms with Crippen molar-refractivity contribution in [3.63, 3.8) is 0 Å². The van der Waals surface area contributed by atoms with Gasteiger partial charge in [-0.1, -0.05) is 0 Å². The van der Waals surface area contributed by atoms with Crippen LogP contribution >= 0.6 is 0 Å². The van der Waals surface area contributed by atoms with Gasteiger partial charge in [0.25, 0.3) is 0 Å². The van der Waals surface area contributed by atoms with E-state index in [1.165, 1.54) is 6.92 Å². The highest BCUT2D eigenvalue weighted by Gasteiger charge is 2.16. The van der Waals surface area contributed by atoms with Gasteiger partial charge in [0.2, 0.25) is 5.91 Å². The SMILES string of the molecule is CC(=O)Nc1ccc(NC(C)CNC(=O)OC(C)(C)C)cc1C. The number of carbonyl (C=O) groups is 2. The lowest BCUT2D eigenvalue weighted by molar-refractivity contribution is -0.114. The first kappa shape index (κ1) is 18.8. The van der Waals surface area contributed by atoms with Crippen molar-refractivity contribution in [2.75, 3.05) is 17.2 Å². The van der Waals surface area contributed by atoms with Crippen LogP contribution in [-0.2, 0) is 9.53 Å². The monoisotopic (exact) mass is 321 g/mol. The highest BCUT2D eigenvalue weighted by atomic mass is 16.6. The summed E-state index contributed by atoms with van der Waals surface area (Å²) < 4.78 is 5.19. The predicted molar refractivity (Wildman–Crippen MR) is 92.8 cm³/mol. The fourth-order valence-corrected chi connectivity index (χ4v) is 1.97. The first-order chi connectivity index (χ1) is 10.6. The maximum absolute atomic E-state index is 11.6. The predicted octanol–water partition coefficient (Wildman–Crippen LogP) is 3.28. The summed E-state index contributed by atoms with van der Waals surface area (Å²) >= 11 is 0. The molecule has 0 fully saturated rings. The molecule has 0 spiro atoms. The Morgan fingerprint density at radius 2 is 1.91 bits per heavy atom. The molecule has 0 saturated heterocycles. The first-order valence-electron chi connectivity index (χ1n) is 7.68. The topological polar surface area (TPSA) is 79.5 Å². The van der Waals surface area contributed by atoms with Crippen LogP contribution < -0.4 is 16.0 Å². The average Bonchev–Trinajstić information content (AvgIpc) is 2.37. The van der Waals surface area contributed by atoms with Gasteiger partial charge in [-0.25, -0.2) is 4.79 Å². The number of anilines is 2. The van der Waals surface area contributed by atoms with Gasteiger partial charge in [-0.2, -0.15) is 0 Å². The number of ether oxygens (including phenoxy) is 1. The summed E-state index contributed by atoms with van der Waals surface area (Å²) in [5, 5.41) is 8.80. The van der Waals surface area contributed by atoms with E-state index in [-0.39, 0.29) is 11.9 Å². The number of alkyl carbamates (subject to hydrolysis) is 1. The highest BCUT2D eigenvalue weighted by Crippen LogP contribution is 2.20. The molecular weight excluding hydrogens is 294 g/mol. The van der Waals surface area contributed by atoms with E-state index >= 15 is 0 Å². The Balaban J connectivity index is 2.51. The Morgan fingerprint density at radius 1 is 1.26 bits per heavy atom. The van der Waals surface area contributed by atoms with Crippen LogP contribution in [0, 0.1) is 6.92 Å². The highest BCUT2D eigenvalue weighted by molar-refractivity contribution is 5.89. The summed E-state index contributed by atoms with van der Waals surface area (Å²) in [6, 6.07) is 5.73. The van der Waals surface area contributed by atoms with Gasteiger partial charge in [-0.3, -0.25) is 4.79 Å². The van der Waals surface area contributed by atoms with Crippen LogP contribution in [-0.4, -0.2) is 30.2 Å². The van der Waals surface area contributed by atoms with Crippen molar-refractivity contribution in [2.24, 2.45) is 0 Å². The third kappa shape index (κ3) is 7.54. The molecule has 0 aromatic heterocycles. The molecule has 0 aliphatic heterocycles. The number of benzene rings is 1. The molecule has 1 unspecified atom stereocenters. The van der Waals surface area contributed by atoms with Crippen molar-refractivity contribution in [3.8, 4) is 0 Å². The zero-order chi connectivity index (χ0) is 17.6. The zero-order valence-electron chi connectivity index (χ0n) is 14.7. The van der Waals surface area contributed by atoms with E-state index in [0.29, 0.717) is 6.54 Å². The van der Waals surface area contributed by atoms with E-state index in [9.17, 15) is 9.59 Å². The van der Waals surface area contributed by atoms with Crippen LogP contribution in [0.1, 0.15) is 40.2 Å². The van der Waals surface area contributed by atoms with Crippen LogP contribution in [0.2, 0.25) is 0 Å². The Morgan fingerprint density at radius 3 is 2.43 bits per heavy atom. The smallest absolute Gasteiger partial charge is 0.407 e. The molecule has 0 aliphatic carbocycles.